The monoisotopic (exact) mass is 320 g/mol. The van der Waals surface area contributed by atoms with Crippen molar-refractivity contribution in [3.05, 3.63) is 33.4 Å². The van der Waals surface area contributed by atoms with E-state index in [9.17, 15) is 4.79 Å². The van der Waals surface area contributed by atoms with Gasteiger partial charge in [-0.05, 0) is 48.7 Å². The second-order valence-corrected chi connectivity index (χ2v) is 4.46. The predicted molar refractivity (Wildman–Crippen MR) is 66.2 cm³/mol. The maximum Gasteiger partial charge on any atom is 0.406 e. The number of primary amides is 1. The van der Waals surface area contributed by atoms with Crippen molar-refractivity contribution in [2.45, 2.75) is 12.6 Å². The van der Waals surface area contributed by atoms with Crippen LogP contribution in [0.5, 0.6) is 0 Å². The van der Waals surface area contributed by atoms with Crippen LogP contribution in [0.1, 0.15) is 12.5 Å². The van der Waals surface area contributed by atoms with Gasteiger partial charge in [-0.3, -0.25) is 5.32 Å². The van der Waals surface area contributed by atoms with E-state index in [1.807, 2.05) is 24.3 Å². The lowest BCUT2D eigenvalue weighted by Crippen LogP contribution is -2.42. The Morgan fingerprint density at radius 3 is 2.40 bits per heavy atom. The van der Waals surface area contributed by atoms with E-state index in [2.05, 4.69) is 27.9 Å². The quantitative estimate of drug-likeness (QED) is 0.659. The largest absolute Gasteiger partial charge is 0.424 e. The lowest BCUT2D eigenvalue weighted by molar-refractivity contribution is 0.00595. The first-order chi connectivity index (χ1) is 6.98. The van der Waals surface area contributed by atoms with E-state index in [1.165, 1.54) is 0 Å². The lowest BCUT2D eigenvalue weighted by Gasteiger charge is -2.28. The fourth-order valence-electron chi connectivity index (χ4n) is 1.22. The maximum absolute atomic E-state index is 10.8. The number of amides is 1. The SMILES string of the molecule is CNC(C)(OC(N)=O)c1ccc(I)cc1. The molecule has 0 bridgehead atoms. The molecule has 1 atom stereocenters. The minimum absolute atomic E-state index is 0.801. The Kier molecular flexibility index (Phi) is 3.92. The number of ether oxygens (including phenoxy) is 1. The summed E-state index contributed by atoms with van der Waals surface area (Å²) in [6, 6.07) is 7.66. The first-order valence-electron chi connectivity index (χ1n) is 4.41. The molecule has 1 aromatic rings. The minimum atomic E-state index is -0.879. The van der Waals surface area contributed by atoms with Crippen molar-refractivity contribution in [1.82, 2.24) is 5.32 Å². The molecule has 0 radical (unpaired) electrons. The number of rotatable bonds is 3. The Hall–Kier alpha value is -0.820. The van der Waals surface area contributed by atoms with Crippen LogP contribution in [-0.4, -0.2) is 13.1 Å². The van der Waals surface area contributed by atoms with Crippen molar-refractivity contribution in [2.24, 2.45) is 5.73 Å². The number of nitrogens with one attached hydrogen (secondary N) is 1. The normalized spacial score (nSPS) is 14.3. The Morgan fingerprint density at radius 1 is 1.47 bits per heavy atom. The van der Waals surface area contributed by atoms with Gasteiger partial charge in [0.1, 0.15) is 0 Å². The molecule has 1 aromatic carbocycles. The van der Waals surface area contributed by atoms with Crippen LogP contribution >= 0.6 is 22.6 Å². The van der Waals surface area contributed by atoms with Gasteiger partial charge in [0.05, 0.1) is 0 Å². The molecule has 1 rings (SSSR count). The molecule has 0 aliphatic carbocycles. The summed E-state index contributed by atoms with van der Waals surface area (Å²) < 4.78 is 6.16. The average Bonchev–Trinajstić information content (AvgIpc) is 2.17. The number of halogens is 1. The third-order valence-electron chi connectivity index (χ3n) is 2.18. The molecular formula is C10H13IN2O2. The van der Waals surface area contributed by atoms with Gasteiger partial charge in [0.2, 0.25) is 0 Å². The molecule has 5 heteroatoms. The van der Waals surface area contributed by atoms with E-state index in [4.69, 9.17) is 10.5 Å². The van der Waals surface area contributed by atoms with Crippen LogP contribution in [0.3, 0.4) is 0 Å². The lowest BCUT2D eigenvalue weighted by atomic mass is 10.1. The van der Waals surface area contributed by atoms with Gasteiger partial charge in [-0.15, -0.1) is 0 Å². The molecule has 3 N–H and O–H groups in total. The van der Waals surface area contributed by atoms with Crippen LogP contribution in [-0.2, 0) is 10.5 Å². The van der Waals surface area contributed by atoms with Crippen LogP contribution < -0.4 is 11.1 Å². The van der Waals surface area contributed by atoms with Crippen LogP contribution in [0.25, 0.3) is 0 Å². The standard InChI is InChI=1S/C10H13IN2O2/c1-10(13-2,15-9(12)14)7-3-5-8(11)6-4-7/h3-6,13H,1-2H3,(H2,12,14). The summed E-state index contributed by atoms with van der Waals surface area (Å²) in [6.07, 6.45) is -0.801. The molecule has 82 valence electrons. The van der Waals surface area contributed by atoms with Crippen LogP contribution in [0, 0.1) is 3.57 Å². The van der Waals surface area contributed by atoms with Gasteiger partial charge in [-0.1, -0.05) is 12.1 Å². The minimum Gasteiger partial charge on any atom is -0.424 e. The molecule has 0 aromatic heterocycles. The van der Waals surface area contributed by atoms with Gasteiger partial charge < -0.3 is 10.5 Å². The molecule has 0 fully saturated rings. The number of hydrogen-bond acceptors (Lipinski definition) is 3. The first kappa shape index (κ1) is 12.3. The zero-order valence-corrected chi connectivity index (χ0v) is 10.7. The van der Waals surface area contributed by atoms with Gasteiger partial charge in [-0.25, -0.2) is 4.79 Å². The van der Waals surface area contributed by atoms with E-state index >= 15 is 0 Å². The summed E-state index contributed by atoms with van der Waals surface area (Å²) >= 11 is 2.21. The Balaban J connectivity index is 3.00. The molecule has 0 spiro atoms. The number of carbonyl (C=O) groups is 1. The van der Waals surface area contributed by atoms with Gasteiger partial charge in [0, 0.05) is 9.13 Å². The fraction of sp³-hybridized carbons (Fsp3) is 0.300. The van der Waals surface area contributed by atoms with Crippen LogP contribution in [0.2, 0.25) is 0 Å². The summed E-state index contributed by atoms with van der Waals surface area (Å²) in [4.78, 5) is 10.8. The molecule has 0 aliphatic heterocycles. The molecule has 15 heavy (non-hydrogen) atoms. The van der Waals surface area contributed by atoms with Crippen molar-refractivity contribution in [3.63, 3.8) is 0 Å². The first-order valence-corrected chi connectivity index (χ1v) is 5.49. The Labute approximate surface area is 102 Å². The number of carbonyl (C=O) groups excluding carboxylic acids is 1. The third kappa shape index (κ3) is 3.07. The van der Waals surface area contributed by atoms with Crippen molar-refractivity contribution >= 4 is 28.7 Å². The fourth-order valence-corrected chi connectivity index (χ4v) is 1.58. The van der Waals surface area contributed by atoms with Gasteiger partial charge in [-0.2, -0.15) is 0 Å². The zero-order chi connectivity index (χ0) is 11.5. The number of benzene rings is 1. The highest BCUT2D eigenvalue weighted by atomic mass is 127. The summed E-state index contributed by atoms with van der Waals surface area (Å²) in [5.74, 6) is 0. The van der Waals surface area contributed by atoms with E-state index in [-0.39, 0.29) is 0 Å². The summed E-state index contributed by atoms with van der Waals surface area (Å²) in [6.45, 7) is 1.75. The predicted octanol–water partition coefficient (Wildman–Crippen LogP) is 1.78. The van der Waals surface area contributed by atoms with Gasteiger partial charge in [0.15, 0.2) is 5.72 Å². The second-order valence-electron chi connectivity index (χ2n) is 3.21. The van der Waals surface area contributed by atoms with Crippen LogP contribution in [0.15, 0.2) is 24.3 Å². The molecule has 0 heterocycles. The molecule has 0 aliphatic rings. The topological polar surface area (TPSA) is 64.3 Å². The molecular weight excluding hydrogens is 307 g/mol. The van der Waals surface area contributed by atoms with E-state index in [0.29, 0.717) is 0 Å². The Bertz CT molecular complexity index is 353. The highest BCUT2D eigenvalue weighted by Gasteiger charge is 2.27. The van der Waals surface area contributed by atoms with E-state index in [1.54, 1.807) is 14.0 Å². The molecule has 4 nitrogen and oxygen atoms in total. The summed E-state index contributed by atoms with van der Waals surface area (Å²) in [5, 5.41) is 2.92. The zero-order valence-electron chi connectivity index (χ0n) is 8.58. The highest BCUT2D eigenvalue weighted by molar-refractivity contribution is 14.1. The second kappa shape index (κ2) is 4.80. The van der Waals surface area contributed by atoms with Crippen LogP contribution in [0.4, 0.5) is 4.79 Å². The van der Waals surface area contributed by atoms with Crippen molar-refractivity contribution in [2.75, 3.05) is 7.05 Å². The smallest absolute Gasteiger partial charge is 0.406 e. The van der Waals surface area contributed by atoms with Gasteiger partial charge in [0.25, 0.3) is 0 Å². The molecule has 0 saturated carbocycles. The highest BCUT2D eigenvalue weighted by Crippen LogP contribution is 2.22. The van der Waals surface area contributed by atoms with Crippen molar-refractivity contribution < 1.29 is 9.53 Å². The van der Waals surface area contributed by atoms with Crippen molar-refractivity contribution in [1.29, 1.82) is 0 Å². The van der Waals surface area contributed by atoms with Gasteiger partial charge >= 0.3 is 6.09 Å². The molecule has 1 amide bonds. The number of nitrogens with two attached hydrogens (primary N) is 1. The average molecular weight is 320 g/mol. The van der Waals surface area contributed by atoms with E-state index < -0.39 is 11.8 Å². The third-order valence-corrected chi connectivity index (χ3v) is 2.90. The number of hydrogen-bond donors (Lipinski definition) is 2. The van der Waals surface area contributed by atoms with Crippen molar-refractivity contribution in [3.8, 4) is 0 Å². The van der Waals surface area contributed by atoms with E-state index in [0.717, 1.165) is 9.13 Å². The summed E-state index contributed by atoms with van der Waals surface area (Å²) in [7, 11) is 1.71. The Morgan fingerprint density at radius 2 is 2.00 bits per heavy atom. The molecule has 1 unspecified atom stereocenters. The maximum atomic E-state index is 10.8. The molecule has 0 saturated heterocycles. The summed E-state index contributed by atoms with van der Waals surface area (Å²) in [5.41, 5.74) is 4.99.